The monoisotopic (exact) mass is 800 g/mol. The summed E-state index contributed by atoms with van der Waals surface area (Å²) in [6.45, 7) is 0. The Hall–Kier alpha value is -7.33. The summed E-state index contributed by atoms with van der Waals surface area (Å²) in [7, 11) is -1.43. The van der Waals surface area contributed by atoms with Crippen LogP contribution in [-0.4, -0.2) is 12.5 Å². The summed E-state index contributed by atoms with van der Waals surface area (Å²) in [6, 6.07) is 84.4. The van der Waals surface area contributed by atoms with Gasteiger partial charge in [0.25, 0.3) is 0 Å². The number of fused-ring (bicyclic) bond motifs is 5. The first kappa shape index (κ1) is 36.7. The maximum atomic E-state index is 2.47. The lowest BCUT2D eigenvalue weighted by Gasteiger charge is -2.32. The summed E-state index contributed by atoms with van der Waals surface area (Å²) in [5.41, 5.74) is 14.4. The first-order chi connectivity index (χ1) is 30.0. The van der Waals surface area contributed by atoms with Crippen LogP contribution in [0.1, 0.15) is 0 Å². The lowest BCUT2D eigenvalue weighted by Crippen LogP contribution is -2.11. The molecule has 1 aliphatic rings. The zero-order valence-electron chi connectivity index (χ0n) is 34.2. The van der Waals surface area contributed by atoms with Gasteiger partial charge in [0.2, 0.25) is 0 Å². The van der Waals surface area contributed by atoms with Crippen molar-refractivity contribution in [3.8, 4) is 33.4 Å². The van der Waals surface area contributed by atoms with Gasteiger partial charge in [0.05, 0.1) is 11.4 Å². The molecule has 61 heavy (non-hydrogen) atoms. The maximum Gasteiger partial charge on any atom is 0.0540 e. The number of hydrogen-bond donors (Lipinski definition) is 0. The third-order valence-corrected chi connectivity index (χ3v) is 15.2. The molecule has 0 unspecified atom stereocenters. The zero-order chi connectivity index (χ0) is 40.9. The Kier molecular flexibility index (Phi) is 9.06. The number of benzene rings is 10. The van der Waals surface area contributed by atoms with E-state index in [0.29, 0.717) is 0 Å². The highest BCUT2D eigenvalue weighted by Crippen LogP contribution is 2.68. The van der Waals surface area contributed by atoms with E-state index in [4.69, 9.17) is 0 Å². The Balaban J connectivity index is 1.03. The van der Waals surface area contributed by atoms with Gasteiger partial charge in [-0.2, -0.15) is 10.0 Å². The molecule has 11 rings (SSSR count). The van der Waals surface area contributed by atoms with Gasteiger partial charge >= 0.3 is 0 Å². The smallest absolute Gasteiger partial charge is 0.0540 e. The predicted octanol–water partition coefficient (Wildman–Crippen LogP) is 16.7. The fourth-order valence-corrected chi connectivity index (χ4v) is 11.8. The van der Waals surface area contributed by atoms with Crippen LogP contribution in [0.15, 0.2) is 240 Å². The van der Waals surface area contributed by atoms with Crippen molar-refractivity contribution in [3.63, 3.8) is 0 Å². The molecule has 0 amide bonds. The van der Waals surface area contributed by atoms with Crippen molar-refractivity contribution < 1.29 is 0 Å². The van der Waals surface area contributed by atoms with Crippen LogP contribution in [0.4, 0.5) is 34.1 Å². The molecule has 0 saturated carbocycles. The molecule has 0 spiro atoms. The summed E-state index contributed by atoms with van der Waals surface area (Å²) in [6.07, 6.45) is 4.94. The van der Waals surface area contributed by atoms with E-state index < -0.39 is 10.0 Å². The Labute approximate surface area is 359 Å². The van der Waals surface area contributed by atoms with E-state index in [-0.39, 0.29) is 0 Å². The second kappa shape index (κ2) is 15.0. The molecule has 0 atom stereocenters. The number of rotatable bonds is 8. The van der Waals surface area contributed by atoms with Gasteiger partial charge in [-0.05, 0) is 117 Å². The highest BCUT2D eigenvalue weighted by Gasteiger charge is 2.34. The Morgan fingerprint density at radius 1 is 0.295 bits per heavy atom. The molecule has 0 fully saturated rings. The number of hydrogen-bond acceptors (Lipinski definition) is 2. The van der Waals surface area contributed by atoms with E-state index in [1.807, 2.05) is 0 Å². The minimum Gasteiger partial charge on any atom is -0.310 e. The van der Waals surface area contributed by atoms with E-state index in [2.05, 4.69) is 253 Å². The average Bonchev–Trinajstić information content (AvgIpc) is 3.55. The van der Waals surface area contributed by atoms with E-state index >= 15 is 0 Å². The molecule has 0 bridgehead atoms. The predicted molar refractivity (Wildman–Crippen MR) is 263 cm³/mol. The molecule has 10 aromatic rings. The van der Waals surface area contributed by atoms with Gasteiger partial charge in [0.15, 0.2) is 0 Å². The third-order valence-electron chi connectivity index (χ3n) is 12.3. The van der Waals surface area contributed by atoms with Crippen molar-refractivity contribution in [3.05, 3.63) is 231 Å². The van der Waals surface area contributed by atoms with Crippen molar-refractivity contribution in [2.45, 2.75) is 9.79 Å². The average molecular weight is 801 g/mol. The van der Waals surface area contributed by atoms with E-state index in [0.717, 1.165) is 22.7 Å². The highest BCUT2D eigenvalue weighted by molar-refractivity contribution is 8.33. The van der Waals surface area contributed by atoms with Crippen LogP contribution in [0, 0.1) is 0 Å². The van der Waals surface area contributed by atoms with Gasteiger partial charge in [-0.1, -0.05) is 170 Å². The van der Waals surface area contributed by atoms with Gasteiger partial charge < -0.3 is 9.80 Å². The molecule has 292 valence electrons. The van der Waals surface area contributed by atoms with Crippen molar-refractivity contribution in [1.82, 2.24) is 0 Å². The highest BCUT2D eigenvalue weighted by atomic mass is 32.3. The number of anilines is 6. The van der Waals surface area contributed by atoms with Crippen LogP contribution in [0.2, 0.25) is 0 Å². The van der Waals surface area contributed by atoms with Crippen LogP contribution in [-0.2, 0) is 0 Å². The summed E-state index contributed by atoms with van der Waals surface area (Å²) >= 11 is 0. The maximum absolute atomic E-state index is 2.47. The summed E-state index contributed by atoms with van der Waals surface area (Å²) < 4.78 is 0. The fourth-order valence-electron chi connectivity index (χ4n) is 9.24. The lowest BCUT2D eigenvalue weighted by atomic mass is 10.0. The molecular weight excluding hydrogens is 757 g/mol. The summed E-state index contributed by atoms with van der Waals surface area (Å²) in [4.78, 5) is 7.71. The Morgan fingerprint density at radius 2 is 0.639 bits per heavy atom. The normalized spacial score (nSPS) is 13.1. The lowest BCUT2D eigenvalue weighted by molar-refractivity contribution is 1.27. The number of nitrogens with zero attached hydrogens (tertiary/aromatic N) is 2. The molecule has 0 saturated heterocycles. The molecular formula is C58H44N2S. The quantitative estimate of drug-likeness (QED) is 0.151. The molecule has 2 nitrogen and oxygen atoms in total. The molecule has 0 radical (unpaired) electrons. The van der Waals surface area contributed by atoms with Gasteiger partial charge in [-0.3, -0.25) is 0 Å². The SMILES string of the molecule is CS1(C)c2cc(N(c3ccc(-c4ccccc4)cc3)c3cccc4ccccc34)ccc2-c2ccc(N(c3ccc(-c4ccccc4)cc3)c3cccc4ccccc34)cc21. The van der Waals surface area contributed by atoms with Gasteiger partial charge in [0.1, 0.15) is 0 Å². The summed E-state index contributed by atoms with van der Waals surface area (Å²) in [5, 5.41) is 4.90. The van der Waals surface area contributed by atoms with Crippen LogP contribution >= 0.6 is 10.0 Å². The first-order valence-corrected chi connectivity index (χ1v) is 23.3. The van der Waals surface area contributed by atoms with Crippen molar-refractivity contribution in [2.75, 3.05) is 22.3 Å². The van der Waals surface area contributed by atoms with Crippen molar-refractivity contribution >= 4 is 65.7 Å². The molecule has 1 heterocycles. The van der Waals surface area contributed by atoms with Gasteiger partial charge in [-0.25, -0.2) is 0 Å². The zero-order valence-corrected chi connectivity index (χ0v) is 35.1. The molecule has 0 aromatic heterocycles. The Bertz CT molecular complexity index is 2980. The molecule has 3 heteroatoms. The Morgan fingerprint density at radius 3 is 1.07 bits per heavy atom. The topological polar surface area (TPSA) is 6.48 Å². The largest absolute Gasteiger partial charge is 0.310 e. The van der Waals surface area contributed by atoms with Crippen molar-refractivity contribution in [2.24, 2.45) is 0 Å². The molecule has 0 N–H and O–H groups in total. The van der Waals surface area contributed by atoms with Gasteiger partial charge in [0, 0.05) is 43.3 Å². The standard InChI is InChI=1S/C58H44N2S/c1-61(2)57-39-49(59(55-25-13-21-45-19-9-11-23-51(45)55)47-31-27-43(28-32-47)41-15-5-3-6-16-41)35-37-53(57)54-38-36-50(40-58(54)61)60(56-26-14-22-46-20-10-12-24-52(46)56)48-33-29-44(30-34-48)42-17-7-4-8-18-42/h3-40H,1-2H3. The van der Waals surface area contributed by atoms with Gasteiger partial charge in [-0.15, -0.1) is 0 Å². The van der Waals surface area contributed by atoms with E-state index in [9.17, 15) is 0 Å². The van der Waals surface area contributed by atoms with Crippen LogP contribution in [0.25, 0.3) is 54.9 Å². The van der Waals surface area contributed by atoms with Crippen LogP contribution < -0.4 is 9.80 Å². The second-order valence-corrected chi connectivity index (χ2v) is 19.7. The first-order valence-electron chi connectivity index (χ1n) is 20.9. The van der Waals surface area contributed by atoms with Crippen LogP contribution in [0.3, 0.4) is 0 Å². The van der Waals surface area contributed by atoms with E-state index in [1.165, 1.54) is 76.1 Å². The molecule has 1 aliphatic heterocycles. The second-order valence-electron chi connectivity index (χ2n) is 16.2. The van der Waals surface area contributed by atoms with E-state index in [1.54, 1.807) is 0 Å². The summed E-state index contributed by atoms with van der Waals surface area (Å²) in [5.74, 6) is 0. The van der Waals surface area contributed by atoms with Crippen molar-refractivity contribution in [1.29, 1.82) is 0 Å². The molecule has 0 aliphatic carbocycles. The third kappa shape index (κ3) is 6.46. The molecule has 10 aromatic carbocycles. The minimum absolute atomic E-state index is 1.13. The minimum atomic E-state index is -1.43. The van der Waals surface area contributed by atoms with Crippen LogP contribution in [0.5, 0.6) is 0 Å². The fraction of sp³-hybridized carbons (Fsp3) is 0.0345.